The molecule has 0 saturated carbocycles. The lowest BCUT2D eigenvalue weighted by molar-refractivity contribution is 0.422. The van der Waals surface area contributed by atoms with Crippen LogP contribution in [0.15, 0.2) is 33.9 Å². The molecule has 0 aromatic carbocycles. The summed E-state index contributed by atoms with van der Waals surface area (Å²) in [5.41, 5.74) is 0.698. The van der Waals surface area contributed by atoms with Crippen LogP contribution in [0.2, 0.25) is 0 Å². The second-order valence-corrected chi connectivity index (χ2v) is 2.18. The number of nitrogens with zero attached hydrogens (tertiary/aromatic N) is 2. The Morgan fingerprint density at radius 1 is 1.42 bits per heavy atom. The molecule has 0 aliphatic carbocycles. The van der Waals surface area contributed by atoms with Crippen molar-refractivity contribution in [3.8, 4) is 11.3 Å². The van der Waals surface area contributed by atoms with E-state index in [1.54, 1.807) is 12.1 Å². The molecule has 0 amide bonds. The fourth-order valence-corrected chi connectivity index (χ4v) is 0.897. The van der Waals surface area contributed by atoms with Crippen molar-refractivity contribution in [3.63, 3.8) is 0 Å². The molecule has 0 radical (unpaired) electrons. The Labute approximate surface area is 67.0 Å². The van der Waals surface area contributed by atoms with Crippen LogP contribution < -0.4 is 5.56 Å². The monoisotopic (exact) mass is 163 g/mol. The van der Waals surface area contributed by atoms with Gasteiger partial charge in [-0.25, -0.2) is 5.10 Å². The van der Waals surface area contributed by atoms with E-state index < -0.39 is 0 Å². The zero-order chi connectivity index (χ0) is 8.39. The number of hydrogen-bond donors (Lipinski definition) is 1. The van der Waals surface area contributed by atoms with Gasteiger partial charge in [-0.15, -0.1) is 0 Å². The highest BCUT2D eigenvalue weighted by Gasteiger charge is 2.04. The maximum absolute atomic E-state index is 11.1. The molecular formula is C7H5N3O2. The third-order valence-electron chi connectivity index (χ3n) is 1.44. The minimum atomic E-state index is -0.272. The number of hydrogen-bond acceptors (Lipinski definition) is 4. The van der Waals surface area contributed by atoms with Crippen LogP contribution in [0.1, 0.15) is 0 Å². The zero-order valence-electron chi connectivity index (χ0n) is 6.02. The van der Waals surface area contributed by atoms with Crippen molar-refractivity contribution >= 4 is 0 Å². The van der Waals surface area contributed by atoms with E-state index in [1.165, 1.54) is 12.5 Å². The van der Waals surface area contributed by atoms with Crippen LogP contribution in [0.4, 0.5) is 0 Å². The Balaban J connectivity index is 2.63. The van der Waals surface area contributed by atoms with E-state index in [4.69, 9.17) is 0 Å². The highest BCUT2D eigenvalue weighted by Crippen LogP contribution is 2.09. The maximum atomic E-state index is 11.1. The van der Waals surface area contributed by atoms with Crippen molar-refractivity contribution in [3.05, 3.63) is 34.9 Å². The van der Waals surface area contributed by atoms with Gasteiger partial charge < -0.3 is 4.52 Å². The molecule has 2 aromatic rings. The standard InChI is InChI=1S/C7H5N3O2/c11-7-5(1-3-8-9-7)6-2-4-12-10-6/h1-4H,(H,9,11). The quantitative estimate of drug-likeness (QED) is 0.661. The zero-order valence-corrected chi connectivity index (χ0v) is 6.02. The second kappa shape index (κ2) is 2.61. The van der Waals surface area contributed by atoms with Gasteiger partial charge in [-0.1, -0.05) is 5.16 Å². The highest BCUT2D eigenvalue weighted by atomic mass is 16.5. The number of H-pyrrole nitrogens is 1. The molecule has 2 heterocycles. The maximum Gasteiger partial charge on any atom is 0.273 e. The van der Waals surface area contributed by atoms with Gasteiger partial charge in [0, 0.05) is 12.3 Å². The predicted molar refractivity (Wildman–Crippen MR) is 40.4 cm³/mol. The van der Waals surface area contributed by atoms with Crippen molar-refractivity contribution in [2.24, 2.45) is 0 Å². The molecule has 12 heavy (non-hydrogen) atoms. The molecule has 1 N–H and O–H groups in total. The molecule has 60 valence electrons. The molecular weight excluding hydrogens is 158 g/mol. The first-order chi connectivity index (χ1) is 5.88. The van der Waals surface area contributed by atoms with Gasteiger partial charge in [-0.05, 0) is 6.07 Å². The van der Waals surface area contributed by atoms with Crippen molar-refractivity contribution in [1.29, 1.82) is 0 Å². The molecule has 0 saturated heterocycles. The SMILES string of the molecule is O=c1[nH]nccc1-c1ccon1. The number of nitrogens with one attached hydrogen (secondary N) is 1. The minimum absolute atomic E-state index is 0.272. The highest BCUT2D eigenvalue weighted by molar-refractivity contribution is 5.55. The lowest BCUT2D eigenvalue weighted by Crippen LogP contribution is -2.09. The van der Waals surface area contributed by atoms with E-state index in [9.17, 15) is 4.79 Å². The minimum Gasteiger partial charge on any atom is -0.364 e. The third-order valence-corrected chi connectivity index (χ3v) is 1.44. The first kappa shape index (κ1) is 6.78. The normalized spacial score (nSPS) is 10.0. The largest absolute Gasteiger partial charge is 0.364 e. The Bertz CT molecular complexity index is 418. The van der Waals surface area contributed by atoms with Gasteiger partial charge in [0.2, 0.25) is 0 Å². The van der Waals surface area contributed by atoms with Crippen molar-refractivity contribution < 1.29 is 4.52 Å². The summed E-state index contributed by atoms with van der Waals surface area (Å²) in [6.07, 6.45) is 2.90. The first-order valence-corrected chi connectivity index (χ1v) is 3.32. The van der Waals surface area contributed by atoms with E-state index in [1.807, 2.05) is 0 Å². The Morgan fingerprint density at radius 2 is 2.33 bits per heavy atom. The van der Waals surface area contributed by atoms with E-state index in [-0.39, 0.29) is 5.56 Å². The van der Waals surface area contributed by atoms with E-state index in [0.29, 0.717) is 11.3 Å². The van der Waals surface area contributed by atoms with Crippen molar-refractivity contribution in [2.45, 2.75) is 0 Å². The van der Waals surface area contributed by atoms with E-state index in [2.05, 4.69) is 19.9 Å². The molecule has 5 heteroatoms. The average Bonchev–Trinajstić information content (AvgIpc) is 2.57. The van der Waals surface area contributed by atoms with E-state index >= 15 is 0 Å². The van der Waals surface area contributed by atoms with Crippen LogP contribution >= 0.6 is 0 Å². The summed E-state index contributed by atoms with van der Waals surface area (Å²) in [5, 5.41) is 9.48. The molecule has 0 spiro atoms. The van der Waals surface area contributed by atoms with Gasteiger partial charge in [-0.3, -0.25) is 4.79 Å². The summed E-state index contributed by atoms with van der Waals surface area (Å²) in [6, 6.07) is 3.20. The number of rotatable bonds is 1. The Hall–Kier alpha value is -1.91. The molecule has 0 bridgehead atoms. The van der Waals surface area contributed by atoms with Crippen LogP contribution in [0.5, 0.6) is 0 Å². The molecule has 0 aliphatic heterocycles. The van der Waals surface area contributed by atoms with Gasteiger partial charge in [0.05, 0.1) is 5.56 Å². The summed E-state index contributed by atoms with van der Waals surface area (Å²) in [5.74, 6) is 0. The molecule has 0 aliphatic rings. The lowest BCUT2D eigenvalue weighted by atomic mass is 10.2. The summed E-state index contributed by atoms with van der Waals surface area (Å²) < 4.78 is 4.60. The van der Waals surface area contributed by atoms with Gasteiger partial charge in [0.1, 0.15) is 12.0 Å². The van der Waals surface area contributed by atoms with Gasteiger partial charge in [0.25, 0.3) is 5.56 Å². The van der Waals surface area contributed by atoms with Crippen molar-refractivity contribution in [1.82, 2.24) is 15.4 Å². The summed E-state index contributed by atoms with van der Waals surface area (Å²) in [7, 11) is 0. The molecule has 0 atom stereocenters. The van der Waals surface area contributed by atoms with Crippen LogP contribution in [0.25, 0.3) is 11.3 Å². The fraction of sp³-hybridized carbons (Fsp3) is 0. The summed E-state index contributed by atoms with van der Waals surface area (Å²) >= 11 is 0. The second-order valence-electron chi connectivity index (χ2n) is 2.18. The summed E-state index contributed by atoms with van der Waals surface area (Å²) in [6.45, 7) is 0. The first-order valence-electron chi connectivity index (χ1n) is 3.32. The molecule has 0 unspecified atom stereocenters. The van der Waals surface area contributed by atoms with Gasteiger partial charge in [0.15, 0.2) is 0 Å². The summed E-state index contributed by atoms with van der Waals surface area (Å²) in [4.78, 5) is 11.1. The fourth-order valence-electron chi connectivity index (χ4n) is 0.897. The Kier molecular flexibility index (Phi) is 1.48. The number of aromatic amines is 1. The van der Waals surface area contributed by atoms with E-state index in [0.717, 1.165) is 0 Å². The van der Waals surface area contributed by atoms with Crippen molar-refractivity contribution in [2.75, 3.05) is 0 Å². The average molecular weight is 163 g/mol. The topological polar surface area (TPSA) is 71.8 Å². The van der Waals surface area contributed by atoms with Gasteiger partial charge >= 0.3 is 0 Å². The smallest absolute Gasteiger partial charge is 0.273 e. The van der Waals surface area contributed by atoms with Gasteiger partial charge in [-0.2, -0.15) is 5.10 Å². The van der Waals surface area contributed by atoms with Crippen LogP contribution in [0, 0.1) is 0 Å². The molecule has 0 fully saturated rings. The van der Waals surface area contributed by atoms with Crippen LogP contribution in [-0.2, 0) is 0 Å². The third kappa shape index (κ3) is 1.01. The van der Waals surface area contributed by atoms with Crippen LogP contribution in [-0.4, -0.2) is 15.4 Å². The molecule has 2 aromatic heterocycles. The Morgan fingerprint density at radius 3 is 3.00 bits per heavy atom. The van der Waals surface area contributed by atoms with Crippen LogP contribution in [0.3, 0.4) is 0 Å². The predicted octanol–water partition coefficient (Wildman–Crippen LogP) is 0.425. The molecule has 5 nitrogen and oxygen atoms in total. The molecule has 2 rings (SSSR count). The lowest BCUT2D eigenvalue weighted by Gasteiger charge is -1.89. The number of aromatic nitrogens is 3.